The largest absolute Gasteiger partial charge is 0.337 e. The predicted molar refractivity (Wildman–Crippen MR) is 68.6 cm³/mol. The summed E-state index contributed by atoms with van der Waals surface area (Å²) in [5.74, 6) is -5.12. The first-order chi connectivity index (χ1) is 9.50. The van der Waals surface area contributed by atoms with Crippen LogP contribution in [0.5, 0.6) is 0 Å². The number of amides is 1. The molecule has 104 valence electrons. The van der Waals surface area contributed by atoms with Gasteiger partial charge >= 0.3 is 0 Å². The molecule has 1 amide bonds. The molecule has 0 fully saturated rings. The van der Waals surface area contributed by atoms with Gasteiger partial charge in [-0.3, -0.25) is 4.79 Å². The van der Waals surface area contributed by atoms with Crippen molar-refractivity contribution in [2.45, 2.75) is 6.54 Å². The highest BCUT2D eigenvalue weighted by Crippen LogP contribution is 2.17. The maximum Gasteiger partial charge on any atom is 0.256 e. The van der Waals surface area contributed by atoms with Crippen molar-refractivity contribution in [1.29, 1.82) is 0 Å². The zero-order valence-corrected chi connectivity index (χ0v) is 10.7. The van der Waals surface area contributed by atoms with Crippen LogP contribution in [-0.4, -0.2) is 17.9 Å². The topological polar surface area (TPSA) is 20.3 Å². The quantitative estimate of drug-likeness (QED) is 0.789. The summed E-state index contributed by atoms with van der Waals surface area (Å²) in [6, 6.07) is 10.8. The van der Waals surface area contributed by atoms with Gasteiger partial charge in [0.15, 0.2) is 17.5 Å². The third-order valence-electron chi connectivity index (χ3n) is 2.87. The Labute approximate surface area is 114 Å². The molecule has 0 heterocycles. The highest BCUT2D eigenvalue weighted by atomic mass is 19.2. The van der Waals surface area contributed by atoms with Crippen molar-refractivity contribution in [3.8, 4) is 0 Å². The number of halogens is 3. The number of rotatable bonds is 3. The fourth-order valence-corrected chi connectivity index (χ4v) is 1.83. The maximum atomic E-state index is 13.5. The van der Waals surface area contributed by atoms with Gasteiger partial charge in [0.2, 0.25) is 0 Å². The smallest absolute Gasteiger partial charge is 0.256 e. The van der Waals surface area contributed by atoms with Gasteiger partial charge in [-0.25, -0.2) is 13.2 Å². The van der Waals surface area contributed by atoms with Crippen molar-refractivity contribution >= 4 is 5.91 Å². The van der Waals surface area contributed by atoms with E-state index in [9.17, 15) is 18.0 Å². The Balaban J connectivity index is 2.21. The summed E-state index contributed by atoms with van der Waals surface area (Å²) in [6.07, 6.45) is 0. The lowest BCUT2D eigenvalue weighted by atomic mass is 10.1. The van der Waals surface area contributed by atoms with Crippen LogP contribution in [-0.2, 0) is 6.54 Å². The molecule has 0 spiro atoms. The number of carbonyl (C=O) groups is 1. The Kier molecular flexibility index (Phi) is 4.08. The van der Waals surface area contributed by atoms with E-state index in [4.69, 9.17) is 0 Å². The van der Waals surface area contributed by atoms with E-state index in [1.165, 1.54) is 11.9 Å². The summed E-state index contributed by atoms with van der Waals surface area (Å²) in [5, 5.41) is 0. The molecule has 0 N–H and O–H groups in total. The molecule has 0 aliphatic heterocycles. The van der Waals surface area contributed by atoms with Crippen molar-refractivity contribution in [1.82, 2.24) is 4.90 Å². The van der Waals surface area contributed by atoms with Crippen molar-refractivity contribution < 1.29 is 18.0 Å². The number of benzene rings is 2. The minimum Gasteiger partial charge on any atom is -0.337 e. The molecule has 20 heavy (non-hydrogen) atoms. The highest BCUT2D eigenvalue weighted by molar-refractivity contribution is 5.94. The van der Waals surface area contributed by atoms with Crippen LogP contribution in [0.3, 0.4) is 0 Å². The third kappa shape index (κ3) is 2.82. The summed E-state index contributed by atoms with van der Waals surface area (Å²) in [6.45, 7) is 0.248. The number of nitrogens with zero attached hydrogens (tertiary/aromatic N) is 1. The van der Waals surface area contributed by atoms with Crippen LogP contribution in [0.2, 0.25) is 0 Å². The van der Waals surface area contributed by atoms with Crippen LogP contribution < -0.4 is 0 Å². The molecule has 0 unspecified atom stereocenters. The monoisotopic (exact) mass is 279 g/mol. The molecule has 2 nitrogen and oxygen atoms in total. The number of hydrogen-bond donors (Lipinski definition) is 0. The average molecular weight is 279 g/mol. The zero-order chi connectivity index (χ0) is 14.7. The molecule has 0 bridgehead atoms. The second-order valence-corrected chi connectivity index (χ2v) is 4.37. The molecule has 0 aliphatic carbocycles. The molecule has 2 rings (SSSR count). The molecule has 0 aromatic heterocycles. The van der Waals surface area contributed by atoms with Gasteiger partial charge in [0, 0.05) is 13.6 Å². The standard InChI is InChI=1S/C15H12F3NO/c1-19(9-10-5-3-2-4-6-10)15(20)11-7-8-12(16)14(18)13(11)17/h2-8H,9H2,1H3. The molecule has 5 heteroatoms. The third-order valence-corrected chi connectivity index (χ3v) is 2.87. The molecule has 2 aromatic rings. The fraction of sp³-hybridized carbons (Fsp3) is 0.133. The van der Waals surface area contributed by atoms with Crippen molar-refractivity contribution in [2.75, 3.05) is 7.05 Å². The normalized spacial score (nSPS) is 10.4. The van der Waals surface area contributed by atoms with Gasteiger partial charge in [-0.2, -0.15) is 0 Å². The van der Waals surface area contributed by atoms with E-state index in [0.29, 0.717) is 0 Å². The van der Waals surface area contributed by atoms with Crippen LogP contribution in [0.1, 0.15) is 15.9 Å². The summed E-state index contributed by atoms with van der Waals surface area (Å²) >= 11 is 0. The average Bonchev–Trinajstić information content (AvgIpc) is 2.45. The van der Waals surface area contributed by atoms with Crippen LogP contribution >= 0.6 is 0 Å². The first kappa shape index (κ1) is 14.1. The fourth-order valence-electron chi connectivity index (χ4n) is 1.83. The molecule has 0 radical (unpaired) electrons. The predicted octanol–water partition coefficient (Wildman–Crippen LogP) is 3.38. The SMILES string of the molecule is CN(Cc1ccccc1)C(=O)c1ccc(F)c(F)c1F. The van der Waals surface area contributed by atoms with Crippen molar-refractivity contribution in [3.05, 3.63) is 71.0 Å². The van der Waals surface area contributed by atoms with E-state index in [2.05, 4.69) is 0 Å². The van der Waals surface area contributed by atoms with E-state index >= 15 is 0 Å². The molecule has 0 aliphatic rings. The molecule has 0 atom stereocenters. The van der Waals surface area contributed by atoms with Crippen molar-refractivity contribution in [3.63, 3.8) is 0 Å². The summed E-state index contributed by atoms with van der Waals surface area (Å²) in [5.41, 5.74) is 0.369. The van der Waals surface area contributed by atoms with E-state index in [-0.39, 0.29) is 6.54 Å². The van der Waals surface area contributed by atoms with E-state index < -0.39 is 28.9 Å². The minimum absolute atomic E-state index is 0.248. The lowest BCUT2D eigenvalue weighted by Crippen LogP contribution is -2.27. The molecule has 0 saturated carbocycles. The first-order valence-electron chi connectivity index (χ1n) is 5.93. The lowest BCUT2D eigenvalue weighted by molar-refractivity contribution is 0.0779. The van der Waals surface area contributed by atoms with Gasteiger partial charge in [-0.05, 0) is 17.7 Å². The molecule has 2 aromatic carbocycles. The summed E-state index contributed by atoms with van der Waals surface area (Å²) < 4.78 is 39.5. The van der Waals surface area contributed by atoms with E-state index in [1.54, 1.807) is 0 Å². The maximum absolute atomic E-state index is 13.5. The molecule has 0 saturated heterocycles. The minimum atomic E-state index is -1.64. The van der Waals surface area contributed by atoms with Gasteiger partial charge in [-0.1, -0.05) is 30.3 Å². The Bertz CT molecular complexity index is 629. The Hall–Kier alpha value is -2.30. The summed E-state index contributed by atoms with van der Waals surface area (Å²) in [7, 11) is 1.47. The van der Waals surface area contributed by atoms with Crippen LogP contribution in [0, 0.1) is 17.5 Å². The van der Waals surface area contributed by atoms with E-state index in [0.717, 1.165) is 17.7 Å². The Morgan fingerprint density at radius 3 is 2.30 bits per heavy atom. The number of hydrogen-bond acceptors (Lipinski definition) is 1. The van der Waals surface area contributed by atoms with Gasteiger partial charge < -0.3 is 4.90 Å². The van der Waals surface area contributed by atoms with E-state index in [1.807, 2.05) is 30.3 Å². The molecular weight excluding hydrogens is 267 g/mol. The van der Waals surface area contributed by atoms with Crippen LogP contribution in [0.15, 0.2) is 42.5 Å². The second-order valence-electron chi connectivity index (χ2n) is 4.37. The first-order valence-corrected chi connectivity index (χ1v) is 5.93. The molecular formula is C15H12F3NO. The van der Waals surface area contributed by atoms with Gasteiger partial charge in [-0.15, -0.1) is 0 Å². The summed E-state index contributed by atoms with van der Waals surface area (Å²) in [4.78, 5) is 13.3. The zero-order valence-electron chi connectivity index (χ0n) is 10.7. The van der Waals surface area contributed by atoms with Gasteiger partial charge in [0.25, 0.3) is 5.91 Å². The Morgan fingerprint density at radius 2 is 1.65 bits per heavy atom. The highest BCUT2D eigenvalue weighted by Gasteiger charge is 2.21. The second kappa shape index (κ2) is 5.77. The van der Waals surface area contributed by atoms with Crippen LogP contribution in [0.4, 0.5) is 13.2 Å². The lowest BCUT2D eigenvalue weighted by Gasteiger charge is -2.17. The van der Waals surface area contributed by atoms with Crippen molar-refractivity contribution in [2.24, 2.45) is 0 Å². The van der Waals surface area contributed by atoms with Crippen LogP contribution in [0.25, 0.3) is 0 Å². The number of carbonyl (C=O) groups excluding carboxylic acids is 1. The Morgan fingerprint density at radius 1 is 1.00 bits per heavy atom. The van der Waals surface area contributed by atoms with Gasteiger partial charge in [0.1, 0.15) is 0 Å². The van der Waals surface area contributed by atoms with Gasteiger partial charge in [0.05, 0.1) is 5.56 Å².